The van der Waals surface area contributed by atoms with E-state index in [-0.39, 0.29) is 0 Å². The highest BCUT2D eigenvalue weighted by Gasteiger charge is 2.18. The summed E-state index contributed by atoms with van der Waals surface area (Å²) in [4.78, 5) is 2.35. The second-order valence-electron chi connectivity index (χ2n) is 4.81. The number of nitrogens with one attached hydrogen (secondary N) is 1. The van der Waals surface area contributed by atoms with E-state index in [0.717, 1.165) is 35.4 Å². The Labute approximate surface area is 108 Å². The number of nitrogens with zero attached hydrogens (tertiary/aromatic N) is 1. The van der Waals surface area contributed by atoms with Gasteiger partial charge in [-0.1, -0.05) is 18.5 Å². The minimum absolute atomic E-state index is 0.701. The molecule has 1 aliphatic rings. The molecule has 0 radical (unpaired) electrons. The predicted octanol–water partition coefficient (Wildman–Crippen LogP) is 3.20. The van der Waals surface area contributed by atoms with Crippen molar-refractivity contribution >= 4 is 28.7 Å². The number of hydrogen-bond acceptors (Lipinski definition) is 3. The highest BCUT2D eigenvalue weighted by atomic mass is 35.5. The Bertz CT molecular complexity index is 398. The molecule has 17 heavy (non-hydrogen) atoms. The van der Waals surface area contributed by atoms with Crippen LogP contribution in [0.25, 0.3) is 0 Å². The van der Waals surface area contributed by atoms with Crippen LogP contribution in [0.3, 0.4) is 0 Å². The Kier molecular flexibility index (Phi) is 3.67. The molecule has 0 aliphatic carbocycles. The lowest BCUT2D eigenvalue weighted by Gasteiger charge is -2.33. The van der Waals surface area contributed by atoms with Gasteiger partial charge in [0.15, 0.2) is 0 Å². The quantitative estimate of drug-likeness (QED) is 0.796. The summed E-state index contributed by atoms with van der Waals surface area (Å²) in [5, 5.41) is 3.85. The fourth-order valence-electron chi connectivity index (χ4n) is 2.29. The van der Waals surface area contributed by atoms with Crippen LogP contribution >= 0.6 is 11.6 Å². The number of nitrogen functional groups attached to an aromatic ring is 1. The average molecular weight is 254 g/mol. The van der Waals surface area contributed by atoms with E-state index in [1.165, 1.54) is 12.8 Å². The lowest BCUT2D eigenvalue weighted by atomic mass is 9.98. The Morgan fingerprint density at radius 3 is 2.59 bits per heavy atom. The van der Waals surface area contributed by atoms with Crippen molar-refractivity contribution in [2.75, 3.05) is 36.1 Å². The van der Waals surface area contributed by atoms with Crippen molar-refractivity contribution in [3.05, 3.63) is 17.2 Å². The summed E-state index contributed by atoms with van der Waals surface area (Å²) in [6.07, 6.45) is 2.46. The van der Waals surface area contributed by atoms with E-state index in [9.17, 15) is 0 Å². The van der Waals surface area contributed by atoms with Crippen molar-refractivity contribution in [1.82, 2.24) is 0 Å². The molecular formula is C13H20ClN3. The summed E-state index contributed by atoms with van der Waals surface area (Å²) in [6, 6.07) is 3.88. The van der Waals surface area contributed by atoms with Crippen LogP contribution in [0.5, 0.6) is 0 Å². The van der Waals surface area contributed by atoms with Crippen LogP contribution in [0, 0.1) is 5.92 Å². The molecule has 2 rings (SSSR count). The number of piperidine rings is 1. The van der Waals surface area contributed by atoms with Gasteiger partial charge in [-0.15, -0.1) is 0 Å². The molecule has 1 aromatic carbocycles. The van der Waals surface area contributed by atoms with Gasteiger partial charge < -0.3 is 16.0 Å². The Balaban J connectivity index is 2.25. The van der Waals surface area contributed by atoms with Gasteiger partial charge >= 0.3 is 0 Å². The summed E-state index contributed by atoms with van der Waals surface area (Å²) in [5.74, 6) is 0.822. The van der Waals surface area contributed by atoms with Gasteiger partial charge in [0, 0.05) is 20.1 Å². The normalized spacial score (nSPS) is 17.2. The number of halogens is 1. The number of nitrogens with two attached hydrogens (primary N) is 1. The minimum Gasteiger partial charge on any atom is -0.397 e. The lowest BCUT2D eigenvalue weighted by molar-refractivity contribution is 0.438. The fourth-order valence-corrected chi connectivity index (χ4v) is 2.58. The molecule has 94 valence electrons. The third-order valence-electron chi connectivity index (χ3n) is 3.51. The van der Waals surface area contributed by atoms with E-state index in [1.807, 2.05) is 19.2 Å². The fraction of sp³-hybridized carbons (Fsp3) is 0.538. The molecule has 0 amide bonds. The molecule has 0 spiro atoms. The molecule has 1 aromatic rings. The van der Waals surface area contributed by atoms with Crippen molar-refractivity contribution in [3.8, 4) is 0 Å². The standard InChI is InChI=1S/C13H20ClN3/c1-9-3-5-17(6-4-9)13-8-12(16-2)11(15)7-10(13)14/h7-9,16H,3-6,15H2,1-2H3. The van der Waals surface area contributed by atoms with E-state index in [2.05, 4.69) is 17.1 Å². The molecule has 1 aliphatic heterocycles. The van der Waals surface area contributed by atoms with Crippen molar-refractivity contribution in [2.45, 2.75) is 19.8 Å². The third kappa shape index (κ3) is 2.60. The van der Waals surface area contributed by atoms with E-state index in [4.69, 9.17) is 17.3 Å². The SMILES string of the molecule is CNc1cc(N2CCC(C)CC2)c(Cl)cc1N. The van der Waals surface area contributed by atoms with Gasteiger partial charge in [0.05, 0.1) is 22.1 Å². The maximum Gasteiger partial charge on any atom is 0.0661 e. The van der Waals surface area contributed by atoms with Gasteiger partial charge in [-0.25, -0.2) is 0 Å². The van der Waals surface area contributed by atoms with Crippen molar-refractivity contribution < 1.29 is 0 Å². The highest BCUT2D eigenvalue weighted by molar-refractivity contribution is 6.33. The molecule has 0 aromatic heterocycles. The summed E-state index contributed by atoms with van der Waals surface area (Å²) in [7, 11) is 1.88. The van der Waals surface area contributed by atoms with E-state index in [1.54, 1.807) is 0 Å². The first kappa shape index (κ1) is 12.4. The van der Waals surface area contributed by atoms with Gasteiger partial charge in [0.25, 0.3) is 0 Å². The number of rotatable bonds is 2. The maximum atomic E-state index is 6.28. The smallest absolute Gasteiger partial charge is 0.0661 e. The minimum atomic E-state index is 0.701. The Morgan fingerprint density at radius 1 is 1.35 bits per heavy atom. The first-order valence-electron chi connectivity index (χ1n) is 6.13. The maximum absolute atomic E-state index is 6.28. The molecule has 3 nitrogen and oxygen atoms in total. The summed E-state index contributed by atoms with van der Waals surface area (Å²) in [6.45, 7) is 4.46. The molecule has 1 heterocycles. The molecule has 0 unspecified atom stereocenters. The zero-order valence-corrected chi connectivity index (χ0v) is 11.2. The number of benzene rings is 1. The van der Waals surface area contributed by atoms with Gasteiger partial charge in [-0.2, -0.15) is 0 Å². The van der Waals surface area contributed by atoms with Crippen molar-refractivity contribution in [3.63, 3.8) is 0 Å². The topological polar surface area (TPSA) is 41.3 Å². The van der Waals surface area contributed by atoms with Gasteiger partial charge in [-0.05, 0) is 30.9 Å². The van der Waals surface area contributed by atoms with Crippen LogP contribution in [-0.4, -0.2) is 20.1 Å². The predicted molar refractivity (Wildman–Crippen MR) is 76.0 cm³/mol. The van der Waals surface area contributed by atoms with Crippen LogP contribution < -0.4 is 16.0 Å². The number of hydrogen-bond donors (Lipinski definition) is 2. The first-order valence-corrected chi connectivity index (χ1v) is 6.51. The molecule has 1 fully saturated rings. The monoisotopic (exact) mass is 253 g/mol. The second-order valence-corrected chi connectivity index (χ2v) is 5.22. The largest absolute Gasteiger partial charge is 0.397 e. The molecular weight excluding hydrogens is 234 g/mol. The average Bonchev–Trinajstić information content (AvgIpc) is 2.31. The Morgan fingerprint density at radius 2 is 2.00 bits per heavy atom. The molecule has 4 heteroatoms. The molecule has 0 saturated carbocycles. The highest BCUT2D eigenvalue weighted by Crippen LogP contribution is 2.35. The van der Waals surface area contributed by atoms with Crippen LogP contribution in [0.1, 0.15) is 19.8 Å². The van der Waals surface area contributed by atoms with E-state index < -0.39 is 0 Å². The van der Waals surface area contributed by atoms with Crippen LogP contribution in [0.15, 0.2) is 12.1 Å². The Hall–Kier alpha value is -1.09. The first-order chi connectivity index (χ1) is 8.11. The van der Waals surface area contributed by atoms with Gasteiger partial charge in [0.1, 0.15) is 0 Å². The summed E-state index contributed by atoms with van der Waals surface area (Å²) < 4.78 is 0. The van der Waals surface area contributed by atoms with Gasteiger partial charge in [-0.3, -0.25) is 0 Å². The summed E-state index contributed by atoms with van der Waals surface area (Å²) in [5.41, 5.74) is 8.63. The molecule has 1 saturated heterocycles. The van der Waals surface area contributed by atoms with Crippen LogP contribution in [0.2, 0.25) is 5.02 Å². The van der Waals surface area contributed by atoms with Gasteiger partial charge in [0.2, 0.25) is 0 Å². The second kappa shape index (κ2) is 5.05. The van der Waals surface area contributed by atoms with E-state index in [0.29, 0.717) is 5.69 Å². The molecule has 0 atom stereocenters. The van der Waals surface area contributed by atoms with Crippen molar-refractivity contribution in [2.24, 2.45) is 5.92 Å². The molecule has 3 N–H and O–H groups in total. The van der Waals surface area contributed by atoms with Crippen molar-refractivity contribution in [1.29, 1.82) is 0 Å². The molecule has 0 bridgehead atoms. The van der Waals surface area contributed by atoms with Crippen LogP contribution in [0.4, 0.5) is 17.1 Å². The van der Waals surface area contributed by atoms with E-state index >= 15 is 0 Å². The zero-order valence-electron chi connectivity index (χ0n) is 10.5. The van der Waals surface area contributed by atoms with Crippen LogP contribution in [-0.2, 0) is 0 Å². The number of anilines is 3. The summed E-state index contributed by atoms with van der Waals surface area (Å²) >= 11 is 6.28. The third-order valence-corrected chi connectivity index (χ3v) is 3.82. The zero-order chi connectivity index (χ0) is 12.4. The lowest BCUT2D eigenvalue weighted by Crippen LogP contribution is -2.33.